The fourth-order valence-corrected chi connectivity index (χ4v) is 2.46. The third-order valence-electron chi connectivity index (χ3n) is 3.36. The smallest absolute Gasteiger partial charge is 0.354 e. The molecule has 0 aliphatic rings. The first-order valence-corrected chi connectivity index (χ1v) is 6.69. The number of anilines is 1. The van der Waals surface area contributed by atoms with Crippen molar-refractivity contribution in [1.82, 2.24) is 9.38 Å². The number of rotatable bonds is 6. The average Bonchev–Trinajstić information content (AvgIpc) is 2.72. The fourth-order valence-electron chi connectivity index (χ4n) is 2.46. The highest BCUT2D eigenvalue weighted by molar-refractivity contribution is 5.88. The molecule has 0 fully saturated rings. The van der Waals surface area contributed by atoms with Crippen LogP contribution in [0.3, 0.4) is 0 Å². The van der Waals surface area contributed by atoms with Crippen LogP contribution in [0.25, 0.3) is 5.65 Å². The Bertz CT molecular complexity index is 706. The van der Waals surface area contributed by atoms with Crippen molar-refractivity contribution in [1.29, 1.82) is 0 Å². The van der Waals surface area contributed by atoms with Crippen LogP contribution in [0.4, 0.5) is 5.69 Å². The molecule has 0 aromatic carbocycles. The predicted octanol–water partition coefficient (Wildman–Crippen LogP) is 2.83. The van der Waals surface area contributed by atoms with E-state index in [0.717, 1.165) is 11.3 Å². The normalized spacial score (nSPS) is 10.6. The molecule has 0 spiro atoms. The summed E-state index contributed by atoms with van der Waals surface area (Å²) >= 11 is 0. The minimum atomic E-state index is -0.978. The Labute approximate surface area is 123 Å². The summed E-state index contributed by atoms with van der Waals surface area (Å²) < 4.78 is 1.62. The lowest BCUT2D eigenvalue weighted by molar-refractivity contribution is 0.0688. The van der Waals surface area contributed by atoms with Gasteiger partial charge in [-0.3, -0.25) is 4.40 Å². The predicted molar refractivity (Wildman–Crippen MR) is 84.2 cm³/mol. The summed E-state index contributed by atoms with van der Waals surface area (Å²) in [6, 6.07) is 1.90. The van der Waals surface area contributed by atoms with Crippen molar-refractivity contribution in [3.8, 4) is 0 Å². The van der Waals surface area contributed by atoms with E-state index in [0.29, 0.717) is 24.4 Å². The average molecular weight is 285 g/mol. The monoisotopic (exact) mass is 285 g/mol. The van der Waals surface area contributed by atoms with Crippen LogP contribution in [-0.2, 0) is 0 Å². The first-order valence-electron chi connectivity index (χ1n) is 6.69. The summed E-state index contributed by atoms with van der Waals surface area (Å²) in [5, 5.41) is 9.35. The van der Waals surface area contributed by atoms with Gasteiger partial charge in [0.25, 0.3) is 0 Å². The van der Waals surface area contributed by atoms with E-state index in [1.165, 1.54) is 0 Å². The number of hydrogen-bond donors (Lipinski definition) is 1. The van der Waals surface area contributed by atoms with Crippen molar-refractivity contribution in [3.63, 3.8) is 0 Å². The molecule has 2 aromatic heterocycles. The second kappa shape index (κ2) is 5.83. The Morgan fingerprint density at radius 1 is 1.38 bits per heavy atom. The van der Waals surface area contributed by atoms with Crippen LogP contribution in [0.5, 0.6) is 0 Å². The summed E-state index contributed by atoms with van der Waals surface area (Å²) in [5.74, 6) is -0.978. The zero-order chi connectivity index (χ0) is 15.6. The van der Waals surface area contributed by atoms with Crippen LogP contribution in [0.1, 0.15) is 21.7 Å². The van der Waals surface area contributed by atoms with Crippen molar-refractivity contribution in [2.45, 2.75) is 13.8 Å². The van der Waals surface area contributed by atoms with E-state index in [1.807, 2.05) is 31.3 Å². The lowest BCUT2D eigenvalue weighted by atomic mass is 10.2. The first kappa shape index (κ1) is 14.8. The summed E-state index contributed by atoms with van der Waals surface area (Å²) in [6.45, 7) is 12.5. The van der Waals surface area contributed by atoms with E-state index in [-0.39, 0.29) is 5.69 Å². The number of carboxylic acid groups (broad SMARTS) is 1. The van der Waals surface area contributed by atoms with Crippen molar-refractivity contribution in [2.24, 2.45) is 0 Å². The number of aromatic carboxylic acids is 1. The van der Waals surface area contributed by atoms with Gasteiger partial charge in [0.15, 0.2) is 5.69 Å². The Morgan fingerprint density at radius 3 is 2.52 bits per heavy atom. The van der Waals surface area contributed by atoms with Crippen LogP contribution in [0.2, 0.25) is 0 Å². The van der Waals surface area contributed by atoms with Gasteiger partial charge in [-0.25, -0.2) is 9.78 Å². The summed E-state index contributed by atoms with van der Waals surface area (Å²) in [7, 11) is 0. The number of hydrogen-bond acceptors (Lipinski definition) is 3. The topological polar surface area (TPSA) is 57.8 Å². The number of aryl methyl sites for hydroxylation is 2. The number of carboxylic acids is 1. The highest BCUT2D eigenvalue weighted by Gasteiger charge is 2.18. The van der Waals surface area contributed by atoms with Crippen molar-refractivity contribution >= 4 is 17.3 Å². The van der Waals surface area contributed by atoms with Gasteiger partial charge in [0, 0.05) is 19.3 Å². The van der Waals surface area contributed by atoms with Gasteiger partial charge in [-0.2, -0.15) is 0 Å². The first-order chi connectivity index (χ1) is 9.99. The molecule has 0 unspecified atom stereocenters. The second-order valence-electron chi connectivity index (χ2n) is 4.90. The zero-order valence-corrected chi connectivity index (χ0v) is 12.3. The van der Waals surface area contributed by atoms with E-state index in [9.17, 15) is 9.90 Å². The standard InChI is InChI=1S/C16H19N3O2/c1-5-7-18(8-6-2)13-10-19-14(9-11(13)3)17-12(4)15(19)16(20)21/h5-6,9-10H,1-2,7-8H2,3-4H3,(H,20,21). The number of fused-ring (bicyclic) bond motifs is 1. The van der Waals surface area contributed by atoms with E-state index in [2.05, 4.69) is 23.0 Å². The number of imidazole rings is 1. The van der Waals surface area contributed by atoms with E-state index in [1.54, 1.807) is 11.3 Å². The van der Waals surface area contributed by atoms with E-state index in [4.69, 9.17) is 0 Å². The van der Waals surface area contributed by atoms with Crippen LogP contribution in [0.15, 0.2) is 37.6 Å². The molecule has 0 aliphatic carbocycles. The lowest BCUT2D eigenvalue weighted by Gasteiger charge is -2.23. The van der Waals surface area contributed by atoms with E-state index >= 15 is 0 Å². The summed E-state index contributed by atoms with van der Waals surface area (Å²) in [5.41, 5.74) is 3.33. The largest absolute Gasteiger partial charge is 0.477 e. The molecule has 0 bridgehead atoms. The minimum absolute atomic E-state index is 0.198. The molecule has 2 aromatic rings. The second-order valence-corrected chi connectivity index (χ2v) is 4.90. The molecular weight excluding hydrogens is 266 g/mol. The molecule has 1 N–H and O–H groups in total. The Balaban J connectivity index is 2.66. The molecule has 2 heterocycles. The molecule has 0 saturated carbocycles. The van der Waals surface area contributed by atoms with Gasteiger partial charge in [-0.05, 0) is 25.5 Å². The Hall–Kier alpha value is -2.56. The van der Waals surface area contributed by atoms with Crippen LogP contribution < -0.4 is 4.90 Å². The molecule has 5 nitrogen and oxygen atoms in total. The van der Waals surface area contributed by atoms with Crippen molar-refractivity contribution in [2.75, 3.05) is 18.0 Å². The summed E-state index contributed by atoms with van der Waals surface area (Å²) in [4.78, 5) is 17.8. The quantitative estimate of drug-likeness (QED) is 0.829. The molecular formula is C16H19N3O2. The minimum Gasteiger partial charge on any atom is -0.477 e. The number of nitrogens with zero attached hydrogens (tertiary/aromatic N) is 3. The van der Waals surface area contributed by atoms with E-state index < -0.39 is 5.97 Å². The number of aromatic nitrogens is 2. The van der Waals surface area contributed by atoms with Gasteiger partial charge >= 0.3 is 5.97 Å². The molecule has 0 saturated heterocycles. The van der Waals surface area contributed by atoms with Crippen molar-refractivity contribution < 1.29 is 9.90 Å². The molecule has 0 amide bonds. The Kier molecular flexibility index (Phi) is 4.12. The molecule has 21 heavy (non-hydrogen) atoms. The third kappa shape index (κ3) is 2.67. The van der Waals surface area contributed by atoms with Crippen LogP contribution in [0, 0.1) is 13.8 Å². The number of pyridine rings is 1. The van der Waals surface area contributed by atoms with Crippen molar-refractivity contribution in [3.05, 3.63) is 54.5 Å². The molecule has 0 radical (unpaired) electrons. The van der Waals surface area contributed by atoms with Gasteiger partial charge < -0.3 is 10.0 Å². The fraction of sp³-hybridized carbons (Fsp3) is 0.250. The number of carbonyl (C=O) groups is 1. The maximum atomic E-state index is 11.4. The molecule has 2 rings (SSSR count). The highest BCUT2D eigenvalue weighted by atomic mass is 16.4. The maximum Gasteiger partial charge on any atom is 0.354 e. The molecule has 110 valence electrons. The van der Waals surface area contributed by atoms with Gasteiger partial charge in [0.05, 0.1) is 11.4 Å². The Morgan fingerprint density at radius 2 is 2.00 bits per heavy atom. The van der Waals surface area contributed by atoms with Gasteiger partial charge in [0.1, 0.15) is 5.65 Å². The van der Waals surface area contributed by atoms with Gasteiger partial charge in [-0.15, -0.1) is 13.2 Å². The van der Waals surface area contributed by atoms with Gasteiger partial charge in [-0.1, -0.05) is 12.2 Å². The van der Waals surface area contributed by atoms with Crippen LogP contribution >= 0.6 is 0 Å². The van der Waals surface area contributed by atoms with Gasteiger partial charge in [0.2, 0.25) is 0 Å². The third-order valence-corrected chi connectivity index (χ3v) is 3.36. The summed E-state index contributed by atoms with van der Waals surface area (Å²) in [6.07, 6.45) is 5.44. The highest BCUT2D eigenvalue weighted by Crippen LogP contribution is 2.24. The zero-order valence-electron chi connectivity index (χ0n) is 12.3. The SMILES string of the molecule is C=CCN(CC=C)c1cn2c(C(=O)O)c(C)nc2cc1C. The maximum absolute atomic E-state index is 11.4. The molecule has 0 aliphatic heterocycles. The van der Waals surface area contributed by atoms with Crippen LogP contribution in [-0.4, -0.2) is 33.6 Å². The molecule has 0 atom stereocenters. The molecule has 5 heteroatoms. The lowest BCUT2D eigenvalue weighted by Crippen LogP contribution is -2.24.